The summed E-state index contributed by atoms with van der Waals surface area (Å²) < 4.78 is 1.31. The van der Waals surface area contributed by atoms with Gasteiger partial charge in [0.05, 0.1) is 16.8 Å². The van der Waals surface area contributed by atoms with Gasteiger partial charge in [0.25, 0.3) is 0 Å². The number of nitrogens with one attached hydrogen (secondary N) is 1. The molecule has 4 heteroatoms. The second-order valence-electron chi connectivity index (χ2n) is 6.90. The summed E-state index contributed by atoms with van der Waals surface area (Å²) in [5, 5.41) is 5.04. The van der Waals surface area contributed by atoms with Crippen LogP contribution < -0.4 is 5.32 Å². The number of aromatic nitrogens is 1. The molecular weight excluding hydrogens is 278 g/mol. The zero-order valence-electron chi connectivity index (χ0n) is 12.8. The Labute approximate surface area is 130 Å². The predicted molar refractivity (Wildman–Crippen MR) is 88.6 cm³/mol. The van der Waals surface area contributed by atoms with Gasteiger partial charge in [-0.05, 0) is 44.7 Å². The van der Waals surface area contributed by atoms with Crippen LogP contribution in [0.3, 0.4) is 0 Å². The van der Waals surface area contributed by atoms with Gasteiger partial charge in [0, 0.05) is 24.7 Å². The highest BCUT2D eigenvalue weighted by Gasteiger charge is 2.45. The number of hydrogen-bond acceptors (Lipinski definition) is 4. The fourth-order valence-corrected chi connectivity index (χ4v) is 4.50. The molecule has 2 fully saturated rings. The number of piperazine rings is 1. The molecule has 0 bridgehead atoms. The third-order valence-corrected chi connectivity index (χ3v) is 6.13. The SMILES string of the molecule is CC1CNC(C)(C2CC2)CN1Cc1nc2ccccc2s1. The van der Waals surface area contributed by atoms with Crippen LogP contribution >= 0.6 is 11.3 Å². The standard InChI is InChI=1S/C17H23N3S/c1-12-9-18-17(2,13-7-8-13)11-20(12)10-16-19-14-5-3-4-6-15(14)21-16/h3-6,12-13,18H,7-11H2,1-2H3. The van der Waals surface area contributed by atoms with E-state index in [0.29, 0.717) is 11.6 Å². The molecule has 1 saturated heterocycles. The topological polar surface area (TPSA) is 28.2 Å². The van der Waals surface area contributed by atoms with Gasteiger partial charge in [0.2, 0.25) is 0 Å². The number of nitrogens with zero attached hydrogens (tertiary/aromatic N) is 2. The summed E-state index contributed by atoms with van der Waals surface area (Å²) in [6, 6.07) is 9.05. The van der Waals surface area contributed by atoms with E-state index in [0.717, 1.165) is 31.1 Å². The lowest BCUT2D eigenvalue weighted by Gasteiger charge is -2.45. The molecule has 1 N–H and O–H groups in total. The van der Waals surface area contributed by atoms with Gasteiger partial charge in [-0.25, -0.2) is 4.98 Å². The minimum atomic E-state index is 0.309. The molecule has 2 aromatic rings. The Morgan fingerprint density at radius 1 is 1.38 bits per heavy atom. The normalized spacial score (nSPS) is 30.9. The summed E-state index contributed by atoms with van der Waals surface area (Å²) in [7, 11) is 0. The van der Waals surface area contributed by atoms with E-state index < -0.39 is 0 Å². The maximum atomic E-state index is 4.81. The van der Waals surface area contributed by atoms with Crippen molar-refractivity contribution in [3.8, 4) is 0 Å². The van der Waals surface area contributed by atoms with E-state index in [2.05, 4.69) is 48.3 Å². The average molecular weight is 301 g/mol. The number of fused-ring (bicyclic) bond motifs is 1. The second-order valence-corrected chi connectivity index (χ2v) is 8.02. The van der Waals surface area contributed by atoms with Crippen LogP contribution in [-0.2, 0) is 6.54 Å². The fraction of sp³-hybridized carbons (Fsp3) is 0.588. The molecule has 0 spiro atoms. The van der Waals surface area contributed by atoms with E-state index in [1.54, 1.807) is 0 Å². The van der Waals surface area contributed by atoms with Gasteiger partial charge in [-0.2, -0.15) is 0 Å². The van der Waals surface area contributed by atoms with Crippen LogP contribution in [0.2, 0.25) is 0 Å². The molecule has 0 radical (unpaired) electrons. The van der Waals surface area contributed by atoms with Crippen LogP contribution in [0.4, 0.5) is 0 Å². The van der Waals surface area contributed by atoms with Gasteiger partial charge in [0.1, 0.15) is 5.01 Å². The van der Waals surface area contributed by atoms with Crippen LogP contribution in [0.1, 0.15) is 31.7 Å². The summed E-state index contributed by atoms with van der Waals surface area (Å²) in [6.07, 6.45) is 2.79. The van der Waals surface area contributed by atoms with Crippen molar-refractivity contribution < 1.29 is 0 Å². The molecule has 112 valence electrons. The predicted octanol–water partition coefficient (Wildman–Crippen LogP) is 3.26. The molecule has 3 nitrogen and oxygen atoms in total. The van der Waals surface area contributed by atoms with Crippen molar-refractivity contribution in [2.45, 2.75) is 44.8 Å². The number of para-hydroxylation sites is 1. The lowest BCUT2D eigenvalue weighted by Crippen LogP contribution is -2.62. The van der Waals surface area contributed by atoms with E-state index in [-0.39, 0.29) is 0 Å². The van der Waals surface area contributed by atoms with Crippen molar-refractivity contribution >= 4 is 21.6 Å². The van der Waals surface area contributed by atoms with Crippen LogP contribution in [0, 0.1) is 5.92 Å². The first-order valence-corrected chi connectivity index (χ1v) is 8.79. The number of thiazole rings is 1. The molecule has 2 heterocycles. The highest BCUT2D eigenvalue weighted by Crippen LogP contribution is 2.41. The molecule has 1 aromatic heterocycles. The average Bonchev–Trinajstić information content (AvgIpc) is 3.25. The van der Waals surface area contributed by atoms with E-state index in [1.165, 1.54) is 22.5 Å². The van der Waals surface area contributed by atoms with Gasteiger partial charge < -0.3 is 5.32 Å². The third-order valence-electron chi connectivity index (χ3n) is 5.11. The number of hydrogen-bond donors (Lipinski definition) is 1. The van der Waals surface area contributed by atoms with Crippen molar-refractivity contribution in [3.05, 3.63) is 29.3 Å². The van der Waals surface area contributed by atoms with Gasteiger partial charge in [-0.15, -0.1) is 11.3 Å². The zero-order chi connectivity index (χ0) is 14.4. The van der Waals surface area contributed by atoms with E-state index in [9.17, 15) is 0 Å². The molecule has 1 aromatic carbocycles. The summed E-state index contributed by atoms with van der Waals surface area (Å²) in [6.45, 7) is 7.96. The van der Waals surface area contributed by atoms with Crippen molar-refractivity contribution in [2.24, 2.45) is 5.92 Å². The van der Waals surface area contributed by atoms with Gasteiger partial charge in [-0.3, -0.25) is 4.90 Å². The highest BCUT2D eigenvalue weighted by molar-refractivity contribution is 7.18. The largest absolute Gasteiger partial charge is 0.308 e. The minimum Gasteiger partial charge on any atom is -0.308 e. The maximum absolute atomic E-state index is 4.81. The first kappa shape index (κ1) is 13.7. The molecule has 2 unspecified atom stereocenters. The Balaban J connectivity index is 1.54. The van der Waals surface area contributed by atoms with Crippen LogP contribution in [0.25, 0.3) is 10.2 Å². The molecular formula is C17H23N3S. The summed E-state index contributed by atoms with van der Waals surface area (Å²) in [5.74, 6) is 0.878. The quantitative estimate of drug-likeness (QED) is 0.943. The minimum absolute atomic E-state index is 0.309. The summed E-state index contributed by atoms with van der Waals surface area (Å²) in [5.41, 5.74) is 1.45. The lowest BCUT2D eigenvalue weighted by atomic mass is 9.91. The lowest BCUT2D eigenvalue weighted by molar-refractivity contribution is 0.0770. The summed E-state index contributed by atoms with van der Waals surface area (Å²) in [4.78, 5) is 7.42. The Morgan fingerprint density at radius 2 is 2.19 bits per heavy atom. The summed E-state index contributed by atoms with van der Waals surface area (Å²) >= 11 is 1.84. The molecule has 0 amide bonds. The smallest absolute Gasteiger partial charge is 0.108 e. The van der Waals surface area contributed by atoms with Crippen molar-refractivity contribution in [2.75, 3.05) is 13.1 Å². The number of rotatable bonds is 3. The molecule has 2 aliphatic rings. The maximum Gasteiger partial charge on any atom is 0.108 e. The Kier molecular flexibility index (Phi) is 3.28. The molecule has 1 aliphatic heterocycles. The first-order chi connectivity index (χ1) is 10.1. The first-order valence-electron chi connectivity index (χ1n) is 7.97. The molecule has 1 aliphatic carbocycles. The van der Waals surface area contributed by atoms with Gasteiger partial charge >= 0.3 is 0 Å². The molecule has 1 saturated carbocycles. The Hall–Kier alpha value is -0.970. The van der Waals surface area contributed by atoms with Gasteiger partial charge in [-0.1, -0.05) is 12.1 Å². The zero-order valence-corrected chi connectivity index (χ0v) is 13.6. The van der Waals surface area contributed by atoms with E-state index in [4.69, 9.17) is 4.98 Å². The van der Waals surface area contributed by atoms with Crippen molar-refractivity contribution in [3.63, 3.8) is 0 Å². The van der Waals surface area contributed by atoms with E-state index in [1.807, 2.05) is 11.3 Å². The second kappa shape index (κ2) is 5.04. The van der Waals surface area contributed by atoms with Gasteiger partial charge in [0.15, 0.2) is 0 Å². The molecule has 4 rings (SSSR count). The highest BCUT2D eigenvalue weighted by atomic mass is 32.1. The fourth-order valence-electron chi connectivity index (χ4n) is 3.51. The van der Waals surface area contributed by atoms with Crippen molar-refractivity contribution in [1.82, 2.24) is 15.2 Å². The Morgan fingerprint density at radius 3 is 2.95 bits per heavy atom. The van der Waals surface area contributed by atoms with Crippen LogP contribution in [-0.4, -0.2) is 34.6 Å². The monoisotopic (exact) mass is 301 g/mol. The van der Waals surface area contributed by atoms with E-state index >= 15 is 0 Å². The Bertz CT molecular complexity index is 615. The van der Waals surface area contributed by atoms with Crippen molar-refractivity contribution in [1.29, 1.82) is 0 Å². The molecule has 21 heavy (non-hydrogen) atoms. The number of benzene rings is 1. The van der Waals surface area contributed by atoms with Crippen LogP contribution in [0.15, 0.2) is 24.3 Å². The third kappa shape index (κ3) is 2.60. The molecule has 2 atom stereocenters. The van der Waals surface area contributed by atoms with Crippen LogP contribution in [0.5, 0.6) is 0 Å².